The van der Waals surface area contributed by atoms with Crippen molar-refractivity contribution in [2.45, 2.75) is 51.5 Å². The Balaban J connectivity index is 1.49. The molecule has 2 unspecified atom stereocenters. The van der Waals surface area contributed by atoms with Gasteiger partial charge in [-0.15, -0.1) is 0 Å². The van der Waals surface area contributed by atoms with E-state index in [-0.39, 0.29) is 17.8 Å². The SMILES string of the molecule is COC(=O)C12CC3CC(C1)CC(C(=O)[N+](C)(C)C(=O)C=Cc1ccc(N[C@@H](C)C(=O)O)cc1)(C3)C2. The van der Waals surface area contributed by atoms with Crippen LogP contribution in [0.2, 0.25) is 0 Å². The number of carbonyl (C=O) groups excluding carboxylic acids is 3. The quantitative estimate of drug-likeness (QED) is 0.347. The van der Waals surface area contributed by atoms with Crippen LogP contribution in [0.15, 0.2) is 30.3 Å². The minimum absolute atomic E-state index is 0.114. The van der Waals surface area contributed by atoms with Crippen LogP contribution in [0.25, 0.3) is 6.08 Å². The molecule has 4 aliphatic carbocycles. The summed E-state index contributed by atoms with van der Waals surface area (Å²) in [6.45, 7) is 1.56. The number of carboxylic acids is 1. The minimum atomic E-state index is -0.944. The average molecular weight is 484 g/mol. The normalized spacial score (nSPS) is 30.2. The standard InChI is InChI=1S/C27H34N2O6/c1-17(23(31)32)28-21-8-5-18(6-9-21)7-10-22(30)29(2,3)24(33)26-12-19-11-20(13-26)15-27(14-19,16-26)25(34)35-4/h5-10,17,19-20H,11-16H2,1-4H3,(H-,28,30,31,32)/p+1/t17-,19?,20?,26?,27?/m0/s1. The number of ether oxygens (including phenoxy) is 1. The van der Waals surface area contributed by atoms with Gasteiger partial charge in [-0.05, 0) is 81.1 Å². The third kappa shape index (κ3) is 4.51. The zero-order chi connectivity index (χ0) is 25.6. The van der Waals surface area contributed by atoms with Gasteiger partial charge in [-0.1, -0.05) is 12.1 Å². The van der Waals surface area contributed by atoms with Crippen LogP contribution in [0.5, 0.6) is 0 Å². The summed E-state index contributed by atoms with van der Waals surface area (Å²) in [5.74, 6) is -0.949. The molecule has 0 spiro atoms. The van der Waals surface area contributed by atoms with Crippen LogP contribution in [0.3, 0.4) is 0 Å². The molecular formula is C27H35N2O6+. The molecule has 4 aliphatic rings. The molecule has 4 fully saturated rings. The molecule has 4 saturated carbocycles. The van der Waals surface area contributed by atoms with Crippen molar-refractivity contribution in [2.75, 3.05) is 26.5 Å². The molecule has 3 atom stereocenters. The van der Waals surface area contributed by atoms with Crippen LogP contribution >= 0.6 is 0 Å². The molecule has 0 saturated heterocycles. The van der Waals surface area contributed by atoms with E-state index in [1.54, 1.807) is 51.4 Å². The van der Waals surface area contributed by atoms with E-state index in [4.69, 9.17) is 9.84 Å². The lowest BCUT2D eigenvalue weighted by Gasteiger charge is -2.59. The van der Waals surface area contributed by atoms with Gasteiger partial charge in [-0.2, -0.15) is 4.48 Å². The smallest absolute Gasteiger partial charge is 0.345 e. The summed E-state index contributed by atoms with van der Waals surface area (Å²) in [4.78, 5) is 50.9. The molecule has 188 valence electrons. The molecule has 5 rings (SSSR count). The minimum Gasteiger partial charge on any atom is -0.480 e. The van der Waals surface area contributed by atoms with E-state index in [1.807, 2.05) is 0 Å². The van der Waals surface area contributed by atoms with E-state index in [0.29, 0.717) is 23.9 Å². The van der Waals surface area contributed by atoms with Crippen LogP contribution in [-0.4, -0.2) is 60.6 Å². The number of hydrogen-bond acceptors (Lipinski definition) is 6. The highest BCUT2D eigenvalue weighted by Crippen LogP contribution is 2.66. The summed E-state index contributed by atoms with van der Waals surface area (Å²) in [6, 6.07) is 6.33. The molecule has 0 aliphatic heterocycles. The van der Waals surface area contributed by atoms with Crippen LogP contribution in [0, 0.1) is 22.7 Å². The van der Waals surface area contributed by atoms with Crippen molar-refractivity contribution in [3.63, 3.8) is 0 Å². The summed E-state index contributed by atoms with van der Waals surface area (Å²) in [5.41, 5.74) is 0.163. The first-order valence-electron chi connectivity index (χ1n) is 12.2. The Bertz CT molecular complexity index is 1060. The summed E-state index contributed by atoms with van der Waals surface area (Å²) in [5, 5.41) is 11.9. The van der Waals surface area contributed by atoms with E-state index in [2.05, 4.69) is 5.32 Å². The molecule has 0 radical (unpaired) electrons. The summed E-state index contributed by atoms with van der Waals surface area (Å²) >= 11 is 0. The molecule has 2 amide bonds. The predicted molar refractivity (Wildman–Crippen MR) is 130 cm³/mol. The largest absolute Gasteiger partial charge is 0.480 e. The van der Waals surface area contributed by atoms with E-state index < -0.39 is 27.3 Å². The number of carboxylic acid groups (broad SMARTS) is 1. The number of aliphatic carboxylic acids is 1. The molecule has 35 heavy (non-hydrogen) atoms. The third-order valence-electron chi connectivity index (χ3n) is 8.27. The Labute approximate surface area is 205 Å². The predicted octanol–water partition coefficient (Wildman–Crippen LogP) is 3.47. The fourth-order valence-electron chi connectivity index (χ4n) is 7.02. The number of anilines is 1. The Kier molecular flexibility index (Phi) is 6.38. The van der Waals surface area contributed by atoms with E-state index in [1.165, 1.54) is 13.2 Å². The fourth-order valence-corrected chi connectivity index (χ4v) is 7.02. The molecule has 8 heteroatoms. The van der Waals surface area contributed by atoms with Crippen LogP contribution < -0.4 is 5.32 Å². The number of hydrogen-bond donors (Lipinski definition) is 2. The van der Waals surface area contributed by atoms with Crippen molar-refractivity contribution in [2.24, 2.45) is 22.7 Å². The molecule has 0 aromatic heterocycles. The molecule has 1 aromatic rings. The zero-order valence-corrected chi connectivity index (χ0v) is 20.9. The van der Waals surface area contributed by atoms with Gasteiger partial charge in [0.1, 0.15) is 6.04 Å². The van der Waals surface area contributed by atoms with Gasteiger partial charge in [0.05, 0.1) is 32.0 Å². The molecule has 2 N–H and O–H groups in total. The molecule has 0 heterocycles. The Morgan fingerprint density at radius 2 is 1.63 bits per heavy atom. The third-order valence-corrected chi connectivity index (χ3v) is 8.27. The summed E-state index contributed by atoms with van der Waals surface area (Å²) in [7, 11) is 4.69. The van der Waals surface area contributed by atoms with Gasteiger partial charge >= 0.3 is 23.8 Å². The maximum absolute atomic E-state index is 13.9. The van der Waals surface area contributed by atoms with Crippen molar-refractivity contribution in [1.82, 2.24) is 0 Å². The van der Waals surface area contributed by atoms with Crippen LogP contribution in [-0.2, 0) is 23.9 Å². The molecule has 4 bridgehead atoms. The van der Waals surface area contributed by atoms with Crippen molar-refractivity contribution in [1.29, 1.82) is 0 Å². The lowest BCUT2D eigenvalue weighted by molar-refractivity contribution is -0.737. The number of rotatable bonds is 7. The Hall–Kier alpha value is -3.00. The average Bonchev–Trinajstić information content (AvgIpc) is 2.81. The Morgan fingerprint density at radius 3 is 2.17 bits per heavy atom. The lowest BCUT2D eigenvalue weighted by Crippen LogP contribution is -2.64. The first kappa shape index (κ1) is 25.1. The molecule has 1 aromatic carbocycles. The first-order chi connectivity index (χ1) is 16.4. The van der Waals surface area contributed by atoms with E-state index in [9.17, 15) is 19.2 Å². The van der Waals surface area contributed by atoms with E-state index in [0.717, 1.165) is 37.7 Å². The number of quaternary nitrogens is 1. The lowest BCUT2D eigenvalue weighted by atomic mass is 9.43. The van der Waals surface area contributed by atoms with Gasteiger partial charge in [-0.3, -0.25) is 9.59 Å². The van der Waals surface area contributed by atoms with Gasteiger partial charge in [0, 0.05) is 11.8 Å². The highest BCUT2D eigenvalue weighted by atomic mass is 16.5. The topological polar surface area (TPSA) is 110 Å². The van der Waals surface area contributed by atoms with Gasteiger partial charge in [0.2, 0.25) is 0 Å². The van der Waals surface area contributed by atoms with Gasteiger partial charge < -0.3 is 15.2 Å². The number of nitrogens with zero attached hydrogens (tertiary/aromatic N) is 1. The second kappa shape index (κ2) is 8.90. The number of methoxy groups -OCH3 is 1. The number of carbonyl (C=O) groups is 4. The number of imide groups is 1. The maximum atomic E-state index is 13.9. The maximum Gasteiger partial charge on any atom is 0.345 e. The highest BCUT2D eigenvalue weighted by molar-refractivity contribution is 5.96. The molecule has 8 nitrogen and oxygen atoms in total. The second-order valence-corrected chi connectivity index (χ2v) is 11.3. The van der Waals surface area contributed by atoms with E-state index >= 15 is 0 Å². The summed E-state index contributed by atoms with van der Waals surface area (Å²) in [6.07, 6.45) is 7.65. The second-order valence-electron chi connectivity index (χ2n) is 11.3. The number of esters is 1. The van der Waals surface area contributed by atoms with Crippen molar-refractivity contribution < 1.29 is 33.5 Å². The zero-order valence-electron chi connectivity index (χ0n) is 20.9. The van der Waals surface area contributed by atoms with Gasteiger partial charge in [0.25, 0.3) is 0 Å². The van der Waals surface area contributed by atoms with Crippen molar-refractivity contribution >= 4 is 35.5 Å². The number of benzene rings is 1. The van der Waals surface area contributed by atoms with Crippen molar-refractivity contribution in [3.05, 3.63) is 35.9 Å². The van der Waals surface area contributed by atoms with Crippen LogP contribution in [0.1, 0.15) is 51.0 Å². The number of amides is 2. The van der Waals surface area contributed by atoms with Gasteiger partial charge in [0.15, 0.2) is 0 Å². The summed E-state index contributed by atoms with van der Waals surface area (Å²) < 4.78 is 4.75. The Morgan fingerprint density at radius 1 is 1.06 bits per heavy atom. The number of likely N-dealkylation sites (N-methyl/N-ethyl adjacent to an activating group) is 1. The molecular weight excluding hydrogens is 448 g/mol. The highest BCUT2D eigenvalue weighted by Gasteiger charge is 2.66. The first-order valence-corrected chi connectivity index (χ1v) is 12.2. The number of nitrogens with one attached hydrogen (secondary N) is 1. The van der Waals surface area contributed by atoms with Crippen LogP contribution in [0.4, 0.5) is 5.69 Å². The van der Waals surface area contributed by atoms with Gasteiger partial charge in [-0.25, -0.2) is 9.59 Å². The monoisotopic (exact) mass is 483 g/mol. The van der Waals surface area contributed by atoms with Crippen molar-refractivity contribution in [3.8, 4) is 0 Å². The fraction of sp³-hybridized carbons (Fsp3) is 0.556.